The average Bonchev–Trinajstić information content (AvgIpc) is 3.12. The summed E-state index contributed by atoms with van der Waals surface area (Å²) < 4.78 is 37.7. The molecule has 1 amide bonds. The summed E-state index contributed by atoms with van der Waals surface area (Å²) in [5.41, 5.74) is 1.61. The third-order valence-corrected chi connectivity index (χ3v) is 4.11. The van der Waals surface area contributed by atoms with Crippen LogP contribution in [0, 0.1) is 0 Å². The third-order valence-electron chi connectivity index (χ3n) is 4.11. The first-order valence-electron chi connectivity index (χ1n) is 8.39. The van der Waals surface area contributed by atoms with Crippen LogP contribution in [0.25, 0.3) is 11.3 Å². The zero-order valence-electron chi connectivity index (χ0n) is 14.5. The normalized spacial score (nSPS) is 12.6. The predicted molar refractivity (Wildman–Crippen MR) is 95.7 cm³/mol. The van der Waals surface area contributed by atoms with Crippen molar-refractivity contribution >= 4 is 5.91 Å². The summed E-state index contributed by atoms with van der Waals surface area (Å²) >= 11 is 0. The highest BCUT2D eigenvalue weighted by Gasteiger charge is 2.30. The number of imidazole rings is 1. The lowest BCUT2D eigenvalue weighted by Crippen LogP contribution is -2.28. The zero-order valence-corrected chi connectivity index (χ0v) is 14.5. The molecule has 0 aliphatic rings. The van der Waals surface area contributed by atoms with E-state index in [1.807, 2.05) is 30.3 Å². The van der Waals surface area contributed by atoms with E-state index < -0.39 is 11.7 Å². The molecule has 0 saturated carbocycles. The van der Waals surface area contributed by atoms with Gasteiger partial charge in [0.05, 0.1) is 29.9 Å². The fourth-order valence-corrected chi connectivity index (χ4v) is 2.68. The zero-order chi connectivity index (χ0) is 19.4. The van der Waals surface area contributed by atoms with Crippen LogP contribution in [0.5, 0.6) is 0 Å². The minimum Gasteiger partial charge on any atom is -0.346 e. The van der Waals surface area contributed by atoms with Gasteiger partial charge in [-0.05, 0) is 30.2 Å². The molecule has 4 nitrogen and oxygen atoms in total. The Labute approximate surface area is 154 Å². The second kappa shape index (κ2) is 7.65. The Balaban J connectivity index is 1.60. The Morgan fingerprint density at radius 3 is 2.41 bits per heavy atom. The minimum atomic E-state index is -4.38. The van der Waals surface area contributed by atoms with E-state index in [1.54, 1.807) is 13.1 Å². The molecule has 0 aliphatic heterocycles. The number of nitrogens with zero attached hydrogens (tertiary/aromatic N) is 1. The van der Waals surface area contributed by atoms with Gasteiger partial charge in [-0.1, -0.05) is 42.5 Å². The number of benzene rings is 2. The van der Waals surface area contributed by atoms with Gasteiger partial charge < -0.3 is 10.3 Å². The summed E-state index contributed by atoms with van der Waals surface area (Å²) in [5.74, 6) is 0.314. The van der Waals surface area contributed by atoms with Gasteiger partial charge in [0.2, 0.25) is 5.91 Å². The first-order valence-corrected chi connectivity index (χ1v) is 8.39. The van der Waals surface area contributed by atoms with E-state index in [1.165, 1.54) is 12.1 Å². The molecule has 27 heavy (non-hydrogen) atoms. The molecule has 1 atom stereocenters. The highest BCUT2D eigenvalue weighted by Crippen LogP contribution is 2.29. The Hall–Kier alpha value is -3.09. The average molecular weight is 373 g/mol. The summed E-state index contributed by atoms with van der Waals surface area (Å²) in [4.78, 5) is 19.6. The van der Waals surface area contributed by atoms with Crippen LogP contribution in [0.4, 0.5) is 13.2 Å². The van der Waals surface area contributed by atoms with Gasteiger partial charge in [-0.25, -0.2) is 4.98 Å². The van der Waals surface area contributed by atoms with E-state index in [4.69, 9.17) is 0 Å². The molecular weight excluding hydrogens is 355 g/mol. The van der Waals surface area contributed by atoms with Gasteiger partial charge in [0.25, 0.3) is 0 Å². The van der Waals surface area contributed by atoms with Gasteiger partial charge in [-0.2, -0.15) is 13.2 Å². The molecule has 7 heteroatoms. The number of H-pyrrole nitrogens is 1. The highest BCUT2D eigenvalue weighted by atomic mass is 19.4. The molecule has 2 aromatic carbocycles. The Morgan fingerprint density at radius 1 is 1.11 bits per heavy atom. The first kappa shape index (κ1) is 18.7. The monoisotopic (exact) mass is 373 g/mol. The van der Waals surface area contributed by atoms with Crippen LogP contribution in [0.15, 0.2) is 60.8 Å². The van der Waals surface area contributed by atoms with Crippen LogP contribution in [0.3, 0.4) is 0 Å². The fourth-order valence-electron chi connectivity index (χ4n) is 2.68. The summed E-state index contributed by atoms with van der Waals surface area (Å²) in [6.07, 6.45) is -2.69. The second-order valence-electron chi connectivity index (χ2n) is 6.21. The van der Waals surface area contributed by atoms with Crippen LogP contribution in [0.2, 0.25) is 0 Å². The van der Waals surface area contributed by atoms with Crippen molar-refractivity contribution in [3.05, 3.63) is 77.7 Å². The van der Waals surface area contributed by atoms with Gasteiger partial charge in [-0.15, -0.1) is 0 Å². The number of hydrogen-bond donors (Lipinski definition) is 2. The Morgan fingerprint density at radius 2 is 1.78 bits per heavy atom. The van der Waals surface area contributed by atoms with E-state index in [2.05, 4.69) is 15.3 Å². The lowest BCUT2D eigenvalue weighted by atomic mass is 10.1. The van der Waals surface area contributed by atoms with Gasteiger partial charge >= 0.3 is 6.18 Å². The van der Waals surface area contributed by atoms with Gasteiger partial charge in [-0.3, -0.25) is 4.79 Å². The number of nitrogens with one attached hydrogen (secondary N) is 2. The summed E-state index contributed by atoms with van der Waals surface area (Å²) in [6.45, 7) is 1.79. The van der Waals surface area contributed by atoms with Crippen LogP contribution < -0.4 is 5.32 Å². The number of carbonyl (C=O) groups is 1. The number of hydrogen-bond acceptors (Lipinski definition) is 2. The number of alkyl halides is 3. The number of amides is 1. The summed E-state index contributed by atoms with van der Waals surface area (Å²) in [5, 5.41) is 2.80. The molecule has 0 fully saturated rings. The largest absolute Gasteiger partial charge is 0.416 e. The van der Waals surface area contributed by atoms with E-state index in [0.717, 1.165) is 23.4 Å². The maximum absolute atomic E-state index is 12.6. The standard InChI is InChI=1S/C20H18F3N3O/c1-13(19-24-12-17(26-19)15-5-3-2-4-6-15)25-18(27)11-14-7-9-16(10-8-14)20(21,22)23/h2-10,12-13H,11H2,1H3,(H,24,26)(H,25,27). The SMILES string of the molecule is CC(NC(=O)Cc1ccc(C(F)(F)F)cc1)c1ncc(-c2ccccc2)[nH]1. The molecule has 1 unspecified atom stereocenters. The molecule has 0 spiro atoms. The molecule has 1 heterocycles. The van der Waals surface area contributed by atoms with Crippen molar-refractivity contribution < 1.29 is 18.0 Å². The van der Waals surface area contributed by atoms with Crippen molar-refractivity contribution in [3.63, 3.8) is 0 Å². The number of aromatic amines is 1. The molecule has 0 radical (unpaired) electrons. The van der Waals surface area contributed by atoms with Gasteiger partial charge in [0.15, 0.2) is 0 Å². The molecule has 0 aliphatic carbocycles. The molecule has 0 bridgehead atoms. The molecule has 3 aromatic rings. The Kier molecular flexibility index (Phi) is 5.30. The molecule has 3 rings (SSSR count). The Bertz CT molecular complexity index is 902. The molecule has 140 valence electrons. The van der Waals surface area contributed by atoms with Crippen LogP contribution in [-0.2, 0) is 17.4 Å². The third kappa shape index (κ3) is 4.75. The summed E-state index contributed by atoms with van der Waals surface area (Å²) in [7, 11) is 0. The highest BCUT2D eigenvalue weighted by molar-refractivity contribution is 5.79. The van der Waals surface area contributed by atoms with E-state index in [-0.39, 0.29) is 18.4 Å². The first-order chi connectivity index (χ1) is 12.8. The molecule has 1 aromatic heterocycles. The smallest absolute Gasteiger partial charge is 0.346 e. The maximum atomic E-state index is 12.6. The van der Waals surface area contributed by atoms with Crippen molar-refractivity contribution in [2.24, 2.45) is 0 Å². The quantitative estimate of drug-likeness (QED) is 0.691. The van der Waals surface area contributed by atoms with Crippen molar-refractivity contribution in [2.45, 2.75) is 25.6 Å². The molecular formula is C20H18F3N3O. The second-order valence-corrected chi connectivity index (χ2v) is 6.21. The number of aromatic nitrogens is 2. The van der Waals surface area contributed by atoms with Crippen molar-refractivity contribution in [3.8, 4) is 11.3 Å². The van der Waals surface area contributed by atoms with Crippen molar-refractivity contribution in [1.29, 1.82) is 0 Å². The number of halogens is 3. The van der Waals surface area contributed by atoms with Crippen molar-refractivity contribution in [1.82, 2.24) is 15.3 Å². The maximum Gasteiger partial charge on any atom is 0.416 e. The minimum absolute atomic E-state index is 0.00523. The fraction of sp³-hybridized carbons (Fsp3) is 0.200. The predicted octanol–water partition coefficient (Wildman–Crippen LogP) is 4.52. The van der Waals surface area contributed by atoms with Crippen LogP contribution >= 0.6 is 0 Å². The summed E-state index contributed by atoms with van der Waals surface area (Å²) in [6, 6.07) is 13.9. The topological polar surface area (TPSA) is 57.8 Å². The van der Waals surface area contributed by atoms with Gasteiger partial charge in [0.1, 0.15) is 5.82 Å². The van der Waals surface area contributed by atoms with Crippen LogP contribution in [0.1, 0.15) is 29.9 Å². The van der Waals surface area contributed by atoms with Gasteiger partial charge in [0, 0.05) is 0 Å². The van der Waals surface area contributed by atoms with E-state index in [9.17, 15) is 18.0 Å². The van der Waals surface area contributed by atoms with E-state index >= 15 is 0 Å². The van der Waals surface area contributed by atoms with Crippen molar-refractivity contribution in [2.75, 3.05) is 0 Å². The van der Waals surface area contributed by atoms with Crippen LogP contribution in [-0.4, -0.2) is 15.9 Å². The molecule has 2 N–H and O–H groups in total. The molecule has 0 saturated heterocycles. The number of carbonyl (C=O) groups excluding carboxylic acids is 1. The number of rotatable bonds is 5. The lowest BCUT2D eigenvalue weighted by molar-refractivity contribution is -0.137. The lowest BCUT2D eigenvalue weighted by Gasteiger charge is -2.12. The van der Waals surface area contributed by atoms with E-state index in [0.29, 0.717) is 11.4 Å².